The van der Waals surface area contributed by atoms with E-state index in [1.165, 1.54) is 10.7 Å². The highest BCUT2D eigenvalue weighted by atomic mass is 16.4. The minimum Gasteiger partial charge on any atom is -0.478 e. The molecule has 1 heterocycles. The molecule has 0 bridgehead atoms. The van der Waals surface area contributed by atoms with Crippen molar-refractivity contribution < 1.29 is 14.7 Å². The van der Waals surface area contributed by atoms with Gasteiger partial charge in [0.1, 0.15) is 5.69 Å². The first kappa shape index (κ1) is 14.8. The topological polar surface area (TPSA) is 84.2 Å². The van der Waals surface area contributed by atoms with Crippen LogP contribution < -0.4 is 5.32 Å². The van der Waals surface area contributed by atoms with E-state index in [4.69, 9.17) is 5.11 Å². The maximum atomic E-state index is 12.2. The van der Waals surface area contributed by atoms with E-state index >= 15 is 0 Å². The molecule has 0 spiro atoms. The van der Waals surface area contributed by atoms with E-state index in [9.17, 15) is 9.59 Å². The number of carboxylic acid groups (broad SMARTS) is 1. The monoisotopic (exact) mass is 287 g/mol. The van der Waals surface area contributed by atoms with Crippen LogP contribution in [0, 0.1) is 20.8 Å². The maximum absolute atomic E-state index is 12.2. The SMILES string of the molecule is Cc1cc(C(=O)Nc2cc(C(=O)O)c(C)cc2C)n(C)n1. The van der Waals surface area contributed by atoms with Crippen LogP contribution in [0.3, 0.4) is 0 Å². The second kappa shape index (κ2) is 5.40. The van der Waals surface area contributed by atoms with Crippen LogP contribution in [0.4, 0.5) is 5.69 Å². The highest BCUT2D eigenvalue weighted by Gasteiger charge is 2.15. The predicted octanol–water partition coefficient (Wildman–Crippen LogP) is 2.30. The Labute approximate surface area is 122 Å². The number of aromatic nitrogens is 2. The van der Waals surface area contributed by atoms with E-state index in [-0.39, 0.29) is 11.5 Å². The summed E-state index contributed by atoms with van der Waals surface area (Å²) >= 11 is 0. The van der Waals surface area contributed by atoms with Crippen LogP contribution in [0.1, 0.15) is 37.7 Å². The van der Waals surface area contributed by atoms with Gasteiger partial charge >= 0.3 is 5.97 Å². The lowest BCUT2D eigenvalue weighted by atomic mass is 10.0. The maximum Gasteiger partial charge on any atom is 0.336 e. The first-order valence-electron chi connectivity index (χ1n) is 6.46. The van der Waals surface area contributed by atoms with Gasteiger partial charge in [0.05, 0.1) is 11.3 Å². The van der Waals surface area contributed by atoms with Crippen molar-refractivity contribution in [1.29, 1.82) is 0 Å². The quantitative estimate of drug-likeness (QED) is 0.907. The molecule has 2 N–H and O–H groups in total. The van der Waals surface area contributed by atoms with Gasteiger partial charge in [-0.15, -0.1) is 0 Å². The lowest BCUT2D eigenvalue weighted by molar-refractivity contribution is 0.0695. The summed E-state index contributed by atoms with van der Waals surface area (Å²) in [6.45, 7) is 5.35. The molecule has 0 saturated carbocycles. The van der Waals surface area contributed by atoms with Crippen molar-refractivity contribution in [3.05, 3.63) is 46.3 Å². The average Bonchev–Trinajstić information content (AvgIpc) is 2.71. The van der Waals surface area contributed by atoms with Crippen LogP contribution in [0.2, 0.25) is 0 Å². The van der Waals surface area contributed by atoms with E-state index < -0.39 is 5.97 Å². The van der Waals surface area contributed by atoms with Gasteiger partial charge in [-0.2, -0.15) is 5.10 Å². The molecular formula is C15H17N3O3. The molecule has 1 aromatic heterocycles. The molecule has 0 unspecified atom stereocenters. The van der Waals surface area contributed by atoms with Crippen LogP contribution in [0.15, 0.2) is 18.2 Å². The van der Waals surface area contributed by atoms with Crippen LogP contribution in [-0.2, 0) is 7.05 Å². The van der Waals surface area contributed by atoms with Gasteiger partial charge in [0, 0.05) is 12.7 Å². The highest BCUT2D eigenvalue weighted by Crippen LogP contribution is 2.21. The number of carboxylic acids is 1. The Morgan fingerprint density at radius 1 is 1.14 bits per heavy atom. The highest BCUT2D eigenvalue weighted by molar-refractivity contribution is 6.04. The van der Waals surface area contributed by atoms with Crippen molar-refractivity contribution in [1.82, 2.24) is 9.78 Å². The van der Waals surface area contributed by atoms with Gasteiger partial charge in [0.25, 0.3) is 5.91 Å². The Morgan fingerprint density at radius 2 is 1.81 bits per heavy atom. The van der Waals surface area contributed by atoms with E-state index in [0.717, 1.165) is 11.3 Å². The first-order chi connectivity index (χ1) is 9.79. The van der Waals surface area contributed by atoms with Crippen LogP contribution in [-0.4, -0.2) is 26.8 Å². The second-order valence-corrected chi connectivity index (χ2v) is 5.04. The summed E-state index contributed by atoms with van der Waals surface area (Å²) in [7, 11) is 1.69. The minimum absolute atomic E-state index is 0.178. The number of nitrogens with zero attached hydrogens (tertiary/aromatic N) is 2. The molecule has 0 fully saturated rings. The van der Waals surface area contributed by atoms with Gasteiger partial charge in [0.15, 0.2) is 0 Å². The first-order valence-corrected chi connectivity index (χ1v) is 6.46. The summed E-state index contributed by atoms with van der Waals surface area (Å²) in [5.41, 5.74) is 3.30. The minimum atomic E-state index is -1.01. The van der Waals surface area contributed by atoms with Crippen molar-refractivity contribution in [2.24, 2.45) is 7.05 Å². The second-order valence-electron chi connectivity index (χ2n) is 5.04. The summed E-state index contributed by atoms with van der Waals surface area (Å²) in [6.07, 6.45) is 0. The van der Waals surface area contributed by atoms with Gasteiger partial charge in [-0.25, -0.2) is 4.79 Å². The molecular weight excluding hydrogens is 270 g/mol. The number of carbonyl (C=O) groups excluding carboxylic acids is 1. The zero-order valence-electron chi connectivity index (χ0n) is 12.4. The number of aromatic carboxylic acids is 1. The van der Waals surface area contributed by atoms with Gasteiger partial charge in [-0.3, -0.25) is 9.48 Å². The molecule has 0 aliphatic rings. The molecule has 6 nitrogen and oxygen atoms in total. The number of aryl methyl sites for hydroxylation is 4. The summed E-state index contributed by atoms with van der Waals surface area (Å²) in [4.78, 5) is 23.4. The Hall–Kier alpha value is -2.63. The molecule has 2 rings (SSSR count). The van der Waals surface area contributed by atoms with Crippen LogP contribution in [0.25, 0.3) is 0 Å². The largest absolute Gasteiger partial charge is 0.478 e. The zero-order valence-corrected chi connectivity index (χ0v) is 12.4. The molecule has 110 valence electrons. The smallest absolute Gasteiger partial charge is 0.336 e. The van der Waals surface area contributed by atoms with Crippen LogP contribution >= 0.6 is 0 Å². The fourth-order valence-electron chi connectivity index (χ4n) is 2.23. The van der Waals surface area contributed by atoms with E-state index in [2.05, 4.69) is 10.4 Å². The Bertz CT molecular complexity index is 732. The summed E-state index contributed by atoms with van der Waals surface area (Å²) < 4.78 is 1.49. The van der Waals surface area contributed by atoms with E-state index in [0.29, 0.717) is 16.9 Å². The molecule has 1 amide bonds. The van der Waals surface area contributed by atoms with Crippen molar-refractivity contribution in [2.45, 2.75) is 20.8 Å². The third kappa shape index (κ3) is 2.94. The third-order valence-electron chi connectivity index (χ3n) is 3.28. The standard InChI is InChI=1S/C15H17N3O3/c1-8-5-9(2)12(7-11(8)15(20)21)16-14(19)13-6-10(3)17-18(13)4/h5-7H,1-4H3,(H,16,19)(H,20,21). The number of hydrogen-bond donors (Lipinski definition) is 2. The Balaban J connectivity index is 2.35. The number of carbonyl (C=O) groups is 2. The van der Waals surface area contributed by atoms with Crippen molar-refractivity contribution in [2.75, 3.05) is 5.32 Å². The fourth-order valence-corrected chi connectivity index (χ4v) is 2.23. The third-order valence-corrected chi connectivity index (χ3v) is 3.28. The molecule has 0 atom stereocenters. The number of amides is 1. The number of anilines is 1. The lowest BCUT2D eigenvalue weighted by Gasteiger charge is -2.11. The normalized spacial score (nSPS) is 10.5. The lowest BCUT2D eigenvalue weighted by Crippen LogP contribution is -2.17. The van der Waals surface area contributed by atoms with Gasteiger partial charge in [-0.05, 0) is 44.0 Å². The number of nitrogens with one attached hydrogen (secondary N) is 1. The van der Waals surface area contributed by atoms with Crippen molar-refractivity contribution in [3.63, 3.8) is 0 Å². The van der Waals surface area contributed by atoms with Crippen molar-refractivity contribution >= 4 is 17.6 Å². The Kier molecular flexibility index (Phi) is 3.80. The molecule has 6 heteroatoms. The predicted molar refractivity (Wildman–Crippen MR) is 78.8 cm³/mol. The molecule has 0 saturated heterocycles. The van der Waals surface area contributed by atoms with Crippen LogP contribution in [0.5, 0.6) is 0 Å². The van der Waals surface area contributed by atoms with E-state index in [1.54, 1.807) is 33.0 Å². The van der Waals surface area contributed by atoms with Gasteiger partial charge in [0.2, 0.25) is 0 Å². The Morgan fingerprint density at radius 3 is 2.33 bits per heavy atom. The number of rotatable bonds is 3. The summed E-state index contributed by atoms with van der Waals surface area (Å²) in [5.74, 6) is -1.33. The molecule has 21 heavy (non-hydrogen) atoms. The zero-order chi connectivity index (χ0) is 15.7. The number of benzene rings is 1. The fraction of sp³-hybridized carbons (Fsp3) is 0.267. The molecule has 0 aliphatic heterocycles. The van der Waals surface area contributed by atoms with Gasteiger partial charge < -0.3 is 10.4 Å². The van der Waals surface area contributed by atoms with E-state index in [1.807, 2.05) is 6.92 Å². The summed E-state index contributed by atoms with van der Waals surface area (Å²) in [5, 5.41) is 16.0. The molecule has 0 aliphatic carbocycles. The molecule has 0 radical (unpaired) electrons. The number of hydrogen-bond acceptors (Lipinski definition) is 3. The average molecular weight is 287 g/mol. The summed E-state index contributed by atoms with van der Waals surface area (Å²) in [6, 6.07) is 4.90. The van der Waals surface area contributed by atoms with Gasteiger partial charge in [-0.1, -0.05) is 6.07 Å². The molecule has 1 aromatic carbocycles. The van der Waals surface area contributed by atoms with Crippen molar-refractivity contribution in [3.8, 4) is 0 Å². The molecule has 2 aromatic rings.